The highest BCUT2D eigenvalue weighted by atomic mass is 19.1. The van der Waals surface area contributed by atoms with Crippen molar-refractivity contribution in [2.45, 2.75) is 12.5 Å². The molecule has 0 saturated heterocycles. The number of para-hydroxylation sites is 1. The Hall–Kier alpha value is -2.66. The van der Waals surface area contributed by atoms with E-state index in [1.165, 1.54) is 12.1 Å². The fraction of sp³-hybridized carbons (Fsp3) is 0.211. The number of aryl methyl sites for hydroxylation is 1. The first-order valence-electron chi connectivity index (χ1n) is 7.78. The van der Waals surface area contributed by atoms with Crippen molar-refractivity contribution in [3.63, 3.8) is 0 Å². The number of benzene rings is 2. The minimum atomic E-state index is -1.07. The number of aromatic nitrogens is 1. The summed E-state index contributed by atoms with van der Waals surface area (Å²) in [6, 6.07) is 13.9. The van der Waals surface area contributed by atoms with E-state index >= 15 is 0 Å². The highest BCUT2D eigenvalue weighted by molar-refractivity contribution is 5.89. The number of fused-ring (bicyclic) bond motifs is 1. The molecule has 0 radical (unpaired) electrons. The third-order valence-corrected chi connectivity index (χ3v) is 4.09. The quantitative estimate of drug-likeness (QED) is 0.757. The van der Waals surface area contributed by atoms with Gasteiger partial charge in [-0.25, -0.2) is 4.39 Å². The average Bonchev–Trinajstić information content (AvgIpc) is 2.89. The summed E-state index contributed by atoms with van der Waals surface area (Å²) >= 11 is 0. The van der Waals surface area contributed by atoms with E-state index in [1.54, 1.807) is 12.1 Å². The summed E-state index contributed by atoms with van der Waals surface area (Å²) in [5.74, 6) is -0.685. The second-order valence-electron chi connectivity index (χ2n) is 5.80. The average molecular weight is 326 g/mol. The molecule has 1 atom stereocenters. The molecule has 3 rings (SSSR count). The number of aliphatic hydroxyl groups is 1. The number of rotatable bonds is 5. The molecule has 0 aliphatic carbocycles. The molecule has 1 unspecified atom stereocenters. The summed E-state index contributed by atoms with van der Waals surface area (Å²) in [6.07, 6.45) is 1.07. The first kappa shape index (κ1) is 16.2. The number of amides is 1. The Morgan fingerprint density at radius 3 is 2.71 bits per heavy atom. The van der Waals surface area contributed by atoms with Gasteiger partial charge in [0.1, 0.15) is 5.82 Å². The first-order chi connectivity index (χ1) is 11.6. The number of aliphatic hydroxyl groups excluding tert-OH is 1. The van der Waals surface area contributed by atoms with E-state index in [-0.39, 0.29) is 24.4 Å². The molecule has 0 fully saturated rings. The van der Waals surface area contributed by atoms with Crippen molar-refractivity contribution in [2.75, 3.05) is 6.54 Å². The minimum Gasteiger partial charge on any atom is -0.386 e. The maximum atomic E-state index is 13.6. The zero-order valence-electron chi connectivity index (χ0n) is 13.4. The zero-order chi connectivity index (χ0) is 17.1. The molecule has 0 saturated carbocycles. The number of halogens is 1. The molecule has 2 N–H and O–H groups in total. The molecular formula is C19H19FN2O2. The molecule has 1 amide bonds. The van der Waals surface area contributed by atoms with Crippen molar-refractivity contribution in [3.05, 3.63) is 71.7 Å². The van der Waals surface area contributed by atoms with Crippen molar-refractivity contribution in [1.82, 2.24) is 9.88 Å². The Balaban J connectivity index is 1.64. The third kappa shape index (κ3) is 3.31. The summed E-state index contributed by atoms with van der Waals surface area (Å²) in [5.41, 5.74) is 2.17. The Labute approximate surface area is 139 Å². The molecule has 124 valence electrons. The van der Waals surface area contributed by atoms with Crippen molar-refractivity contribution >= 4 is 16.8 Å². The van der Waals surface area contributed by atoms with Gasteiger partial charge in [-0.1, -0.05) is 36.4 Å². The third-order valence-electron chi connectivity index (χ3n) is 4.09. The molecule has 0 spiro atoms. The molecule has 2 aromatic carbocycles. The van der Waals surface area contributed by atoms with Gasteiger partial charge in [0, 0.05) is 36.3 Å². The number of carbonyl (C=O) groups excluding carboxylic acids is 1. The molecule has 4 nitrogen and oxygen atoms in total. The number of nitrogens with one attached hydrogen (secondary N) is 1. The summed E-state index contributed by atoms with van der Waals surface area (Å²) in [7, 11) is 1.94. The van der Waals surface area contributed by atoms with E-state index in [9.17, 15) is 14.3 Å². The van der Waals surface area contributed by atoms with Crippen LogP contribution in [0.1, 0.15) is 17.2 Å². The Morgan fingerprint density at radius 1 is 1.21 bits per heavy atom. The summed E-state index contributed by atoms with van der Waals surface area (Å²) in [6.45, 7) is -0.0233. The SMILES string of the molecule is Cn1cc(CC(=O)NCC(O)c2ccccc2F)c2ccccc21. The lowest BCUT2D eigenvalue weighted by Gasteiger charge is -2.13. The van der Waals surface area contributed by atoms with Gasteiger partial charge < -0.3 is 15.0 Å². The van der Waals surface area contributed by atoms with E-state index in [4.69, 9.17) is 0 Å². The number of nitrogens with zero attached hydrogens (tertiary/aromatic N) is 1. The fourth-order valence-electron chi connectivity index (χ4n) is 2.87. The lowest BCUT2D eigenvalue weighted by atomic mass is 10.1. The Kier molecular flexibility index (Phi) is 4.62. The number of carbonyl (C=O) groups is 1. The molecule has 5 heteroatoms. The lowest BCUT2D eigenvalue weighted by molar-refractivity contribution is -0.120. The highest BCUT2D eigenvalue weighted by Crippen LogP contribution is 2.21. The molecule has 1 heterocycles. The van der Waals surface area contributed by atoms with Gasteiger partial charge in [-0.15, -0.1) is 0 Å². The van der Waals surface area contributed by atoms with Crippen LogP contribution >= 0.6 is 0 Å². The maximum Gasteiger partial charge on any atom is 0.224 e. The van der Waals surface area contributed by atoms with Gasteiger partial charge in [-0.3, -0.25) is 4.79 Å². The largest absolute Gasteiger partial charge is 0.386 e. The Morgan fingerprint density at radius 2 is 1.92 bits per heavy atom. The predicted molar refractivity (Wildman–Crippen MR) is 91.0 cm³/mol. The first-order valence-corrected chi connectivity index (χ1v) is 7.78. The molecule has 1 aromatic heterocycles. The van der Waals surface area contributed by atoms with E-state index < -0.39 is 11.9 Å². The van der Waals surface area contributed by atoms with Gasteiger partial charge in [0.25, 0.3) is 0 Å². The van der Waals surface area contributed by atoms with Gasteiger partial charge in [0.15, 0.2) is 0 Å². The highest BCUT2D eigenvalue weighted by Gasteiger charge is 2.15. The van der Waals surface area contributed by atoms with Crippen LogP contribution in [-0.2, 0) is 18.3 Å². The van der Waals surface area contributed by atoms with E-state index in [0.717, 1.165) is 16.5 Å². The molecule has 0 aliphatic rings. The van der Waals surface area contributed by atoms with Crippen LogP contribution in [-0.4, -0.2) is 22.1 Å². The summed E-state index contributed by atoms with van der Waals surface area (Å²) < 4.78 is 15.6. The number of hydrogen-bond donors (Lipinski definition) is 2. The molecule has 3 aromatic rings. The van der Waals surface area contributed by atoms with Crippen LogP contribution in [0, 0.1) is 5.82 Å². The fourth-order valence-corrected chi connectivity index (χ4v) is 2.87. The van der Waals surface area contributed by atoms with Gasteiger partial charge >= 0.3 is 0 Å². The van der Waals surface area contributed by atoms with Gasteiger partial charge in [0.05, 0.1) is 12.5 Å². The van der Waals surface area contributed by atoms with E-state index in [2.05, 4.69) is 5.32 Å². The van der Waals surface area contributed by atoms with Crippen LogP contribution in [0.2, 0.25) is 0 Å². The standard InChI is InChI=1S/C19H19FN2O2/c1-22-12-13(14-6-3-5-9-17(14)22)10-19(24)21-11-18(23)15-7-2-4-8-16(15)20/h2-9,12,18,23H,10-11H2,1H3,(H,21,24). The maximum absolute atomic E-state index is 13.6. The summed E-state index contributed by atoms with van der Waals surface area (Å²) in [5, 5.41) is 13.7. The minimum absolute atomic E-state index is 0.0233. The predicted octanol–water partition coefficient (Wildman–Crippen LogP) is 2.71. The smallest absolute Gasteiger partial charge is 0.224 e. The second kappa shape index (κ2) is 6.84. The second-order valence-corrected chi connectivity index (χ2v) is 5.80. The van der Waals surface area contributed by atoms with Crippen LogP contribution in [0.4, 0.5) is 4.39 Å². The zero-order valence-corrected chi connectivity index (χ0v) is 13.4. The monoisotopic (exact) mass is 326 g/mol. The van der Waals surface area contributed by atoms with Crippen molar-refractivity contribution in [2.24, 2.45) is 7.05 Å². The van der Waals surface area contributed by atoms with Crippen LogP contribution in [0.3, 0.4) is 0 Å². The van der Waals surface area contributed by atoms with Crippen LogP contribution in [0.5, 0.6) is 0 Å². The van der Waals surface area contributed by atoms with Gasteiger partial charge in [-0.2, -0.15) is 0 Å². The molecule has 0 aliphatic heterocycles. The van der Waals surface area contributed by atoms with Gasteiger partial charge in [-0.05, 0) is 17.7 Å². The van der Waals surface area contributed by atoms with Crippen LogP contribution in [0.25, 0.3) is 10.9 Å². The van der Waals surface area contributed by atoms with Crippen molar-refractivity contribution < 1.29 is 14.3 Å². The molecule has 24 heavy (non-hydrogen) atoms. The van der Waals surface area contributed by atoms with Crippen molar-refractivity contribution in [3.8, 4) is 0 Å². The van der Waals surface area contributed by atoms with Crippen LogP contribution < -0.4 is 5.32 Å². The lowest BCUT2D eigenvalue weighted by Crippen LogP contribution is -2.29. The normalized spacial score (nSPS) is 12.3. The van der Waals surface area contributed by atoms with Crippen molar-refractivity contribution in [1.29, 1.82) is 0 Å². The van der Waals surface area contributed by atoms with E-state index in [0.29, 0.717) is 0 Å². The number of hydrogen-bond acceptors (Lipinski definition) is 2. The molecule has 0 bridgehead atoms. The van der Waals surface area contributed by atoms with Crippen LogP contribution in [0.15, 0.2) is 54.7 Å². The molecular weight excluding hydrogens is 307 g/mol. The van der Waals surface area contributed by atoms with Gasteiger partial charge in [0.2, 0.25) is 5.91 Å². The summed E-state index contributed by atoms with van der Waals surface area (Å²) in [4.78, 5) is 12.2. The van der Waals surface area contributed by atoms with E-state index in [1.807, 2.05) is 42.1 Å². The topological polar surface area (TPSA) is 54.3 Å². The Bertz CT molecular complexity index is 873.